The molecule has 6 heteroatoms. The Balaban J connectivity index is 2.26. The van der Waals surface area contributed by atoms with Gasteiger partial charge in [-0.1, -0.05) is 17.7 Å². The Morgan fingerprint density at radius 3 is 3.10 bits per heavy atom. The minimum Gasteiger partial charge on any atom is -0.369 e. The van der Waals surface area contributed by atoms with Crippen molar-refractivity contribution in [1.82, 2.24) is 9.78 Å². The van der Waals surface area contributed by atoms with E-state index in [0.29, 0.717) is 18.2 Å². The molecule has 0 aromatic carbocycles. The maximum atomic E-state index is 12.1. The van der Waals surface area contributed by atoms with Crippen LogP contribution in [-0.4, -0.2) is 28.9 Å². The molecule has 0 bridgehead atoms. The number of halogens is 1. The van der Waals surface area contributed by atoms with E-state index in [2.05, 4.69) is 16.6 Å². The zero-order valence-corrected chi connectivity index (χ0v) is 12.5. The van der Waals surface area contributed by atoms with Crippen LogP contribution in [-0.2, 0) is 6.54 Å². The van der Waals surface area contributed by atoms with Crippen molar-refractivity contribution >= 4 is 17.3 Å². The van der Waals surface area contributed by atoms with Crippen LogP contribution in [0.15, 0.2) is 23.6 Å². The lowest BCUT2D eigenvalue weighted by Gasteiger charge is -2.36. The first-order chi connectivity index (χ1) is 9.54. The van der Waals surface area contributed by atoms with Crippen molar-refractivity contribution in [3.63, 3.8) is 0 Å². The molecule has 1 saturated heterocycles. The molecule has 2 atom stereocenters. The molecular weight excluding hydrogens is 276 g/mol. The van der Waals surface area contributed by atoms with Gasteiger partial charge in [-0.05, 0) is 25.7 Å². The molecule has 2 N–H and O–H groups in total. The maximum absolute atomic E-state index is 12.1. The van der Waals surface area contributed by atoms with Gasteiger partial charge in [0.2, 0.25) is 0 Å². The SMILES string of the molecule is C=CCn1ncc(N2CCCC(C(C)N)C2)c(Cl)c1=O. The standard InChI is InChI=1S/C14H21ClN4O/c1-3-6-19-14(20)13(15)12(8-17-19)18-7-4-5-11(9-18)10(2)16/h3,8,10-11H,1,4-7,9,16H2,2H3. The average Bonchev–Trinajstić information content (AvgIpc) is 2.44. The van der Waals surface area contributed by atoms with E-state index < -0.39 is 0 Å². The van der Waals surface area contributed by atoms with Gasteiger partial charge in [0.1, 0.15) is 5.02 Å². The van der Waals surface area contributed by atoms with Crippen molar-refractivity contribution in [1.29, 1.82) is 0 Å². The molecule has 1 aliphatic rings. The summed E-state index contributed by atoms with van der Waals surface area (Å²) < 4.78 is 1.31. The first kappa shape index (κ1) is 15.1. The van der Waals surface area contributed by atoms with E-state index in [4.69, 9.17) is 17.3 Å². The minimum absolute atomic E-state index is 0.144. The van der Waals surface area contributed by atoms with E-state index in [0.717, 1.165) is 25.9 Å². The van der Waals surface area contributed by atoms with Gasteiger partial charge >= 0.3 is 0 Å². The molecule has 2 rings (SSSR count). The van der Waals surface area contributed by atoms with Crippen molar-refractivity contribution in [2.24, 2.45) is 11.7 Å². The monoisotopic (exact) mass is 296 g/mol. The van der Waals surface area contributed by atoms with Crippen LogP contribution < -0.4 is 16.2 Å². The number of piperidine rings is 1. The summed E-state index contributed by atoms with van der Waals surface area (Å²) in [5, 5.41) is 4.38. The van der Waals surface area contributed by atoms with Crippen LogP contribution in [0.2, 0.25) is 5.02 Å². The van der Waals surface area contributed by atoms with Gasteiger partial charge in [-0.25, -0.2) is 4.68 Å². The fourth-order valence-corrected chi connectivity index (χ4v) is 2.85. The summed E-state index contributed by atoms with van der Waals surface area (Å²) in [4.78, 5) is 14.2. The summed E-state index contributed by atoms with van der Waals surface area (Å²) in [5.74, 6) is 0.426. The lowest BCUT2D eigenvalue weighted by molar-refractivity contribution is 0.364. The highest BCUT2D eigenvalue weighted by molar-refractivity contribution is 6.33. The summed E-state index contributed by atoms with van der Waals surface area (Å²) in [7, 11) is 0. The number of rotatable bonds is 4. The van der Waals surface area contributed by atoms with Crippen LogP contribution in [0.1, 0.15) is 19.8 Å². The lowest BCUT2D eigenvalue weighted by atomic mass is 9.92. The Hall–Kier alpha value is -1.33. The number of hydrogen-bond donors (Lipinski definition) is 1. The van der Waals surface area contributed by atoms with E-state index in [9.17, 15) is 4.79 Å². The van der Waals surface area contributed by atoms with Crippen LogP contribution in [0, 0.1) is 5.92 Å². The second-order valence-corrected chi connectivity index (χ2v) is 5.71. The molecule has 0 saturated carbocycles. The highest BCUT2D eigenvalue weighted by Gasteiger charge is 2.25. The fourth-order valence-electron chi connectivity index (χ4n) is 2.59. The van der Waals surface area contributed by atoms with E-state index in [1.165, 1.54) is 4.68 Å². The average molecular weight is 297 g/mol. The molecule has 0 radical (unpaired) electrons. The summed E-state index contributed by atoms with van der Waals surface area (Å²) in [6.45, 7) is 7.70. The van der Waals surface area contributed by atoms with E-state index in [1.807, 2.05) is 6.92 Å². The second-order valence-electron chi connectivity index (χ2n) is 5.33. The predicted molar refractivity (Wildman–Crippen MR) is 82.3 cm³/mol. The minimum atomic E-state index is -0.271. The summed E-state index contributed by atoms with van der Waals surface area (Å²) in [6.07, 6.45) is 5.46. The van der Waals surface area contributed by atoms with Crippen molar-refractivity contribution < 1.29 is 0 Å². The highest BCUT2D eigenvalue weighted by Crippen LogP contribution is 2.27. The van der Waals surface area contributed by atoms with Gasteiger partial charge < -0.3 is 10.6 Å². The summed E-state index contributed by atoms with van der Waals surface area (Å²) in [5.41, 5.74) is 6.43. The number of nitrogens with two attached hydrogens (primary N) is 1. The molecular formula is C14H21ClN4O. The number of nitrogens with zero attached hydrogens (tertiary/aromatic N) is 3. The first-order valence-corrected chi connectivity index (χ1v) is 7.29. The first-order valence-electron chi connectivity index (χ1n) is 6.91. The summed E-state index contributed by atoms with van der Waals surface area (Å²) >= 11 is 6.21. The van der Waals surface area contributed by atoms with Crippen LogP contribution in [0.3, 0.4) is 0 Å². The van der Waals surface area contributed by atoms with Gasteiger partial charge in [-0.2, -0.15) is 5.10 Å². The Morgan fingerprint density at radius 2 is 2.45 bits per heavy atom. The molecule has 0 spiro atoms. The predicted octanol–water partition coefficient (Wildman–Crippen LogP) is 1.65. The van der Waals surface area contributed by atoms with E-state index >= 15 is 0 Å². The number of allylic oxidation sites excluding steroid dienone is 1. The van der Waals surface area contributed by atoms with Gasteiger partial charge in [-0.3, -0.25) is 4.79 Å². The van der Waals surface area contributed by atoms with Crippen molar-refractivity contribution in [2.45, 2.75) is 32.4 Å². The van der Waals surface area contributed by atoms with Crippen LogP contribution in [0.25, 0.3) is 0 Å². The third kappa shape index (κ3) is 3.04. The quantitative estimate of drug-likeness (QED) is 0.858. The topological polar surface area (TPSA) is 64.2 Å². The van der Waals surface area contributed by atoms with Crippen molar-refractivity contribution in [2.75, 3.05) is 18.0 Å². The third-order valence-corrected chi connectivity index (χ3v) is 4.17. The molecule has 1 aromatic rings. The molecule has 1 aliphatic heterocycles. The normalized spacial score (nSPS) is 20.8. The molecule has 0 amide bonds. The Morgan fingerprint density at radius 1 is 1.70 bits per heavy atom. The zero-order chi connectivity index (χ0) is 14.7. The fraction of sp³-hybridized carbons (Fsp3) is 0.571. The summed E-state index contributed by atoms with van der Waals surface area (Å²) in [6, 6.07) is 0.144. The molecule has 1 aromatic heterocycles. The lowest BCUT2D eigenvalue weighted by Crippen LogP contribution is -2.43. The molecule has 5 nitrogen and oxygen atoms in total. The largest absolute Gasteiger partial charge is 0.369 e. The molecule has 1 fully saturated rings. The second kappa shape index (κ2) is 6.41. The van der Waals surface area contributed by atoms with Gasteiger partial charge in [0.05, 0.1) is 18.4 Å². The molecule has 20 heavy (non-hydrogen) atoms. The van der Waals surface area contributed by atoms with Gasteiger partial charge in [-0.15, -0.1) is 6.58 Å². The molecule has 2 heterocycles. The van der Waals surface area contributed by atoms with Gasteiger partial charge in [0, 0.05) is 19.1 Å². The van der Waals surface area contributed by atoms with E-state index in [1.54, 1.807) is 12.3 Å². The number of anilines is 1. The van der Waals surface area contributed by atoms with E-state index in [-0.39, 0.29) is 16.6 Å². The molecule has 0 aliphatic carbocycles. The number of hydrogen-bond acceptors (Lipinski definition) is 4. The van der Waals surface area contributed by atoms with Crippen LogP contribution >= 0.6 is 11.6 Å². The number of aromatic nitrogens is 2. The van der Waals surface area contributed by atoms with Gasteiger partial charge in [0.15, 0.2) is 0 Å². The Kier molecular flexibility index (Phi) is 4.83. The van der Waals surface area contributed by atoms with Crippen LogP contribution in [0.4, 0.5) is 5.69 Å². The molecule has 110 valence electrons. The van der Waals surface area contributed by atoms with Crippen molar-refractivity contribution in [3.05, 3.63) is 34.2 Å². The van der Waals surface area contributed by atoms with Crippen molar-refractivity contribution in [3.8, 4) is 0 Å². The van der Waals surface area contributed by atoms with Crippen LogP contribution in [0.5, 0.6) is 0 Å². The Labute approximate surface area is 124 Å². The smallest absolute Gasteiger partial charge is 0.287 e. The maximum Gasteiger partial charge on any atom is 0.287 e. The van der Waals surface area contributed by atoms with Gasteiger partial charge in [0.25, 0.3) is 5.56 Å². The zero-order valence-electron chi connectivity index (χ0n) is 11.8. The highest BCUT2D eigenvalue weighted by atomic mass is 35.5. The third-order valence-electron chi connectivity index (χ3n) is 3.81. The molecule has 2 unspecified atom stereocenters. The Bertz CT molecular complexity index is 540.